The van der Waals surface area contributed by atoms with Gasteiger partial charge >= 0.3 is 0 Å². The lowest BCUT2D eigenvalue weighted by molar-refractivity contribution is 0.224. The Hall–Kier alpha value is -1.55. The van der Waals surface area contributed by atoms with Crippen LogP contribution < -0.4 is 15.4 Å². The Labute approximate surface area is 170 Å². The molecule has 2 aromatic rings. The first-order chi connectivity index (χ1) is 11.6. The fourth-order valence-electron chi connectivity index (χ4n) is 1.97. The summed E-state index contributed by atoms with van der Waals surface area (Å²) in [6.07, 6.45) is 1.64. The number of ether oxygens (including phenoxy) is 1. The van der Waals surface area contributed by atoms with E-state index in [-0.39, 0.29) is 30.1 Å². The van der Waals surface area contributed by atoms with Crippen LogP contribution in [-0.4, -0.2) is 39.9 Å². The molecule has 1 heterocycles. The number of hydrogen-bond donors (Lipinski definition) is 2. The summed E-state index contributed by atoms with van der Waals surface area (Å²) in [6.45, 7) is 5.86. The molecule has 0 aliphatic rings. The number of aromatic nitrogens is 3. The monoisotopic (exact) mass is 478 g/mol. The Morgan fingerprint density at radius 2 is 2.04 bits per heavy atom. The second-order valence-corrected chi connectivity index (χ2v) is 5.75. The van der Waals surface area contributed by atoms with Gasteiger partial charge in [0.05, 0.1) is 6.54 Å². The van der Waals surface area contributed by atoms with Gasteiger partial charge in [-0.05, 0) is 38.1 Å². The van der Waals surface area contributed by atoms with E-state index in [1.807, 2.05) is 49.7 Å². The number of nitrogens with one attached hydrogen (secondary N) is 2. The number of aliphatic imine (C=N–C) groups is 1. The highest BCUT2D eigenvalue weighted by Crippen LogP contribution is 2.16. The molecule has 0 fully saturated rings. The highest BCUT2D eigenvalue weighted by atomic mass is 127. The van der Waals surface area contributed by atoms with E-state index in [9.17, 15) is 0 Å². The number of halogens is 2. The molecular formula is C16H24ClIN6O. The minimum Gasteiger partial charge on any atom is -0.489 e. The van der Waals surface area contributed by atoms with E-state index >= 15 is 0 Å². The zero-order chi connectivity index (χ0) is 17.4. The average molecular weight is 479 g/mol. The molecule has 1 aromatic carbocycles. The van der Waals surface area contributed by atoms with Gasteiger partial charge < -0.3 is 19.9 Å². The Morgan fingerprint density at radius 1 is 1.32 bits per heavy atom. The van der Waals surface area contributed by atoms with Gasteiger partial charge in [-0.2, -0.15) is 0 Å². The number of benzene rings is 1. The molecule has 0 saturated heterocycles. The number of rotatable bonds is 7. The molecule has 9 heteroatoms. The number of guanidine groups is 1. The van der Waals surface area contributed by atoms with E-state index in [1.54, 1.807) is 6.33 Å². The van der Waals surface area contributed by atoms with Crippen molar-refractivity contribution < 1.29 is 4.74 Å². The Balaban J connectivity index is 0.00000312. The SMILES string of the molecule is CCNC(=NCc1nncn1C)NCC(C)Oc1ccc(Cl)cc1.I. The van der Waals surface area contributed by atoms with Crippen LogP contribution in [0.15, 0.2) is 35.6 Å². The van der Waals surface area contributed by atoms with E-state index in [1.165, 1.54) is 0 Å². The molecule has 138 valence electrons. The lowest BCUT2D eigenvalue weighted by atomic mass is 10.3. The largest absolute Gasteiger partial charge is 0.489 e. The molecule has 1 aromatic heterocycles. The Bertz CT molecular complexity index is 661. The lowest BCUT2D eigenvalue weighted by Gasteiger charge is -2.17. The van der Waals surface area contributed by atoms with Crippen LogP contribution in [0.3, 0.4) is 0 Å². The standard InChI is InChI=1S/C16H23ClN6O.HI/c1-4-18-16(20-10-15-22-21-11-23(15)3)19-9-12(2)24-14-7-5-13(17)6-8-14;/h5-8,11-12H,4,9-10H2,1-3H3,(H2,18,19,20);1H. The lowest BCUT2D eigenvalue weighted by Crippen LogP contribution is -2.41. The van der Waals surface area contributed by atoms with E-state index < -0.39 is 0 Å². The van der Waals surface area contributed by atoms with Crippen molar-refractivity contribution in [3.05, 3.63) is 41.4 Å². The van der Waals surface area contributed by atoms with Crippen molar-refractivity contribution in [1.29, 1.82) is 0 Å². The van der Waals surface area contributed by atoms with Crippen LogP contribution in [0.4, 0.5) is 0 Å². The van der Waals surface area contributed by atoms with Crippen LogP contribution in [0, 0.1) is 0 Å². The summed E-state index contributed by atoms with van der Waals surface area (Å²) in [4.78, 5) is 4.51. The quantitative estimate of drug-likeness (QED) is 0.363. The smallest absolute Gasteiger partial charge is 0.191 e. The fourth-order valence-corrected chi connectivity index (χ4v) is 2.10. The third-order valence-corrected chi connectivity index (χ3v) is 3.49. The highest BCUT2D eigenvalue weighted by Gasteiger charge is 2.06. The summed E-state index contributed by atoms with van der Waals surface area (Å²) in [5, 5.41) is 15.0. The van der Waals surface area contributed by atoms with Crippen molar-refractivity contribution in [2.45, 2.75) is 26.5 Å². The van der Waals surface area contributed by atoms with E-state index in [2.05, 4.69) is 25.8 Å². The predicted octanol–water partition coefficient (Wildman–Crippen LogP) is 2.61. The maximum absolute atomic E-state index is 5.87. The second kappa shape index (κ2) is 11.1. The summed E-state index contributed by atoms with van der Waals surface area (Å²) in [5.74, 6) is 2.31. The molecule has 7 nitrogen and oxygen atoms in total. The van der Waals surface area contributed by atoms with Gasteiger partial charge in [0.25, 0.3) is 0 Å². The normalized spacial score (nSPS) is 12.2. The van der Waals surface area contributed by atoms with Crippen molar-refractivity contribution in [1.82, 2.24) is 25.4 Å². The van der Waals surface area contributed by atoms with Crippen LogP contribution in [0.5, 0.6) is 5.75 Å². The molecule has 0 bridgehead atoms. The summed E-state index contributed by atoms with van der Waals surface area (Å²) < 4.78 is 7.68. The summed E-state index contributed by atoms with van der Waals surface area (Å²) in [5.41, 5.74) is 0. The first-order valence-electron chi connectivity index (χ1n) is 7.85. The van der Waals surface area contributed by atoms with Crippen LogP contribution in [0.1, 0.15) is 19.7 Å². The van der Waals surface area contributed by atoms with Gasteiger partial charge in [0.1, 0.15) is 24.7 Å². The minimum absolute atomic E-state index is 0. The molecule has 1 unspecified atom stereocenters. The van der Waals surface area contributed by atoms with Crippen molar-refractivity contribution in [3.8, 4) is 5.75 Å². The zero-order valence-electron chi connectivity index (χ0n) is 14.6. The molecule has 1 atom stereocenters. The van der Waals surface area contributed by atoms with Crippen LogP contribution in [-0.2, 0) is 13.6 Å². The van der Waals surface area contributed by atoms with Gasteiger partial charge in [-0.1, -0.05) is 11.6 Å². The molecule has 0 aliphatic carbocycles. The Kier molecular flexibility index (Phi) is 9.58. The maximum Gasteiger partial charge on any atom is 0.191 e. The van der Waals surface area contributed by atoms with Gasteiger partial charge in [0, 0.05) is 18.6 Å². The first kappa shape index (κ1) is 21.5. The first-order valence-corrected chi connectivity index (χ1v) is 8.23. The molecule has 0 spiro atoms. The topological polar surface area (TPSA) is 76.4 Å². The van der Waals surface area contributed by atoms with Gasteiger partial charge in [-0.3, -0.25) is 0 Å². The molecule has 2 rings (SSSR count). The number of hydrogen-bond acceptors (Lipinski definition) is 4. The molecule has 0 aliphatic heterocycles. The summed E-state index contributed by atoms with van der Waals surface area (Å²) in [6, 6.07) is 7.32. The van der Waals surface area contributed by atoms with Crippen molar-refractivity contribution in [2.75, 3.05) is 13.1 Å². The molecule has 0 amide bonds. The van der Waals surface area contributed by atoms with Gasteiger partial charge in [0.2, 0.25) is 0 Å². The van der Waals surface area contributed by atoms with Crippen molar-refractivity contribution in [2.24, 2.45) is 12.0 Å². The molecule has 0 saturated carbocycles. The van der Waals surface area contributed by atoms with E-state index in [0.717, 1.165) is 18.1 Å². The zero-order valence-corrected chi connectivity index (χ0v) is 17.7. The Morgan fingerprint density at radius 3 is 2.64 bits per heavy atom. The number of aryl methyl sites for hydroxylation is 1. The van der Waals surface area contributed by atoms with Crippen LogP contribution >= 0.6 is 35.6 Å². The van der Waals surface area contributed by atoms with Crippen molar-refractivity contribution >= 4 is 41.5 Å². The number of nitrogens with zero attached hydrogens (tertiary/aromatic N) is 4. The molecule has 2 N–H and O–H groups in total. The van der Waals surface area contributed by atoms with Gasteiger partial charge in [-0.15, -0.1) is 34.2 Å². The van der Waals surface area contributed by atoms with Gasteiger partial charge in [0.15, 0.2) is 11.8 Å². The fraction of sp³-hybridized carbons (Fsp3) is 0.438. The van der Waals surface area contributed by atoms with Crippen LogP contribution in [0.25, 0.3) is 0 Å². The van der Waals surface area contributed by atoms with E-state index in [0.29, 0.717) is 24.1 Å². The van der Waals surface area contributed by atoms with E-state index in [4.69, 9.17) is 16.3 Å². The third-order valence-electron chi connectivity index (χ3n) is 3.24. The minimum atomic E-state index is -0.0233. The predicted molar refractivity (Wildman–Crippen MR) is 111 cm³/mol. The molecule has 25 heavy (non-hydrogen) atoms. The van der Waals surface area contributed by atoms with Gasteiger partial charge in [-0.25, -0.2) is 4.99 Å². The molecule has 0 radical (unpaired) electrons. The third kappa shape index (κ3) is 7.47. The second-order valence-electron chi connectivity index (χ2n) is 5.32. The average Bonchev–Trinajstić information content (AvgIpc) is 2.97. The summed E-state index contributed by atoms with van der Waals surface area (Å²) >= 11 is 5.87. The molecular weight excluding hydrogens is 455 g/mol. The summed E-state index contributed by atoms with van der Waals surface area (Å²) in [7, 11) is 1.90. The van der Waals surface area contributed by atoms with Crippen molar-refractivity contribution in [3.63, 3.8) is 0 Å². The maximum atomic E-state index is 5.87. The van der Waals surface area contributed by atoms with Crippen LogP contribution in [0.2, 0.25) is 5.02 Å². The highest BCUT2D eigenvalue weighted by molar-refractivity contribution is 14.0.